The van der Waals surface area contributed by atoms with Crippen molar-refractivity contribution >= 4 is 6.97 Å². The van der Waals surface area contributed by atoms with Gasteiger partial charge in [-0.25, -0.2) is 0 Å². The summed E-state index contributed by atoms with van der Waals surface area (Å²) in [4.78, 5) is 0. The molecule has 0 saturated carbocycles. The van der Waals surface area contributed by atoms with Gasteiger partial charge < -0.3 is 8.63 Å². The number of rotatable bonds is 0. The largest absolute Gasteiger partial charge is 0.923 e. The van der Waals surface area contributed by atoms with E-state index in [9.17, 15) is 8.63 Å². The lowest BCUT2D eigenvalue weighted by Gasteiger charge is -2.21. The van der Waals surface area contributed by atoms with Gasteiger partial charge in [-0.3, -0.25) is 8.96 Å². The van der Waals surface area contributed by atoms with Crippen LogP contribution >= 0.6 is 0 Å². The zero-order valence-electron chi connectivity index (χ0n) is 8.55. The molecular formula is C11H10BF2N2+. The quantitative estimate of drug-likeness (QED) is 0.582. The maximum Gasteiger partial charge on any atom is 0.923 e. The van der Waals surface area contributed by atoms with Crippen LogP contribution in [0.3, 0.4) is 0 Å². The van der Waals surface area contributed by atoms with Crippen LogP contribution in [0.1, 0.15) is 11.4 Å². The molecule has 3 rings (SSSR count). The Morgan fingerprint density at radius 3 is 1.88 bits per heavy atom. The fourth-order valence-corrected chi connectivity index (χ4v) is 2.21. The van der Waals surface area contributed by atoms with Crippen LogP contribution in [-0.2, 0) is 6.42 Å². The number of hydrogen-bond donors (Lipinski definition) is 0. The summed E-state index contributed by atoms with van der Waals surface area (Å²) in [5, 5.41) is 0. The Labute approximate surface area is 91.8 Å². The lowest BCUT2D eigenvalue weighted by molar-refractivity contribution is -0.733. The molecule has 0 amide bonds. The summed E-state index contributed by atoms with van der Waals surface area (Å²) in [5.41, 5.74) is 1.30. The zero-order valence-corrected chi connectivity index (χ0v) is 8.55. The SMILES string of the molecule is F[B-]1(F)[n+]2ccccc2Cc2cccc[n+]21. The van der Waals surface area contributed by atoms with Gasteiger partial charge in [-0.1, -0.05) is 12.1 Å². The van der Waals surface area contributed by atoms with Gasteiger partial charge in [0.25, 0.3) is 0 Å². The average Bonchev–Trinajstić information content (AvgIpc) is 2.29. The Morgan fingerprint density at radius 1 is 0.875 bits per heavy atom. The molecule has 0 aliphatic carbocycles. The summed E-state index contributed by atoms with van der Waals surface area (Å²) in [6, 6.07) is 10.3. The molecular weight excluding hydrogens is 209 g/mol. The van der Waals surface area contributed by atoms with Crippen LogP contribution in [0.4, 0.5) is 8.63 Å². The van der Waals surface area contributed by atoms with Gasteiger partial charge in [0, 0.05) is 12.1 Å². The minimum atomic E-state index is -3.73. The predicted molar refractivity (Wildman–Crippen MR) is 54.8 cm³/mol. The Bertz CT molecular complexity index is 510. The first-order valence-electron chi connectivity index (χ1n) is 5.20. The smallest absolute Gasteiger partial charge is 0.337 e. The van der Waals surface area contributed by atoms with E-state index in [1.165, 1.54) is 12.4 Å². The molecule has 80 valence electrons. The van der Waals surface area contributed by atoms with Gasteiger partial charge in [-0.15, -0.1) is 0 Å². The van der Waals surface area contributed by atoms with Gasteiger partial charge in [0.2, 0.25) is 0 Å². The van der Waals surface area contributed by atoms with Crippen LogP contribution in [-0.4, -0.2) is 6.97 Å². The van der Waals surface area contributed by atoms with Crippen LogP contribution in [0.15, 0.2) is 48.8 Å². The van der Waals surface area contributed by atoms with Crippen LogP contribution < -0.4 is 8.96 Å². The van der Waals surface area contributed by atoms with Crippen molar-refractivity contribution in [1.82, 2.24) is 0 Å². The predicted octanol–water partition coefficient (Wildman–Crippen LogP) is 0.937. The van der Waals surface area contributed by atoms with Gasteiger partial charge in [-0.05, 0) is 12.1 Å². The standard InChI is InChI=1S/C11H10BF2N2/c13-12(14)15-7-3-1-5-10(15)9-11-6-2-4-8-16(11)12/h1-8H,9H2/q+1. The molecule has 0 fully saturated rings. The molecule has 0 bridgehead atoms. The fraction of sp³-hybridized carbons (Fsp3) is 0.0909. The number of fused-ring (bicyclic) bond motifs is 2. The molecule has 3 heterocycles. The highest BCUT2D eigenvalue weighted by atomic mass is 19.2. The first kappa shape index (κ1) is 9.45. The molecule has 0 aromatic carbocycles. The molecule has 2 nitrogen and oxygen atoms in total. The third kappa shape index (κ3) is 1.17. The first-order valence-corrected chi connectivity index (χ1v) is 5.20. The molecule has 0 radical (unpaired) electrons. The second-order valence-electron chi connectivity index (χ2n) is 3.96. The normalized spacial score (nSPS) is 16.4. The van der Waals surface area contributed by atoms with E-state index in [2.05, 4.69) is 0 Å². The molecule has 0 N–H and O–H groups in total. The minimum absolute atomic E-state index is 0.541. The monoisotopic (exact) mass is 219 g/mol. The molecule has 0 unspecified atom stereocenters. The summed E-state index contributed by atoms with van der Waals surface area (Å²) < 4.78 is 30.5. The summed E-state index contributed by atoms with van der Waals surface area (Å²) in [7, 11) is 0. The Balaban J connectivity index is 2.28. The maximum absolute atomic E-state index is 14.2. The Morgan fingerprint density at radius 2 is 1.38 bits per heavy atom. The molecule has 2 aromatic rings. The summed E-state index contributed by atoms with van der Waals surface area (Å²) >= 11 is 0. The molecule has 5 heteroatoms. The highest BCUT2D eigenvalue weighted by Crippen LogP contribution is 2.12. The van der Waals surface area contributed by atoms with E-state index in [0.29, 0.717) is 17.8 Å². The maximum atomic E-state index is 14.2. The van der Waals surface area contributed by atoms with Crippen molar-refractivity contribution in [2.75, 3.05) is 0 Å². The van der Waals surface area contributed by atoms with Crippen molar-refractivity contribution in [3.63, 3.8) is 0 Å². The number of aromatic nitrogens is 2. The fourth-order valence-electron chi connectivity index (χ4n) is 2.21. The van der Waals surface area contributed by atoms with Crippen LogP contribution in [0.2, 0.25) is 0 Å². The molecule has 1 aliphatic heterocycles. The van der Waals surface area contributed by atoms with Crippen molar-refractivity contribution in [2.24, 2.45) is 0 Å². The van der Waals surface area contributed by atoms with Crippen molar-refractivity contribution in [3.8, 4) is 0 Å². The second kappa shape index (κ2) is 3.11. The third-order valence-electron chi connectivity index (χ3n) is 2.99. The minimum Gasteiger partial charge on any atom is -0.337 e. The highest BCUT2D eigenvalue weighted by Gasteiger charge is 2.59. The molecule has 2 aromatic heterocycles. The van der Waals surface area contributed by atoms with Crippen molar-refractivity contribution < 1.29 is 17.6 Å². The molecule has 16 heavy (non-hydrogen) atoms. The first-order chi connectivity index (χ1) is 7.69. The van der Waals surface area contributed by atoms with Crippen LogP contribution in [0, 0.1) is 0 Å². The van der Waals surface area contributed by atoms with Gasteiger partial charge in [0.1, 0.15) is 30.2 Å². The van der Waals surface area contributed by atoms with E-state index >= 15 is 0 Å². The van der Waals surface area contributed by atoms with Gasteiger partial charge in [0.15, 0.2) is 0 Å². The van der Waals surface area contributed by atoms with Gasteiger partial charge in [0.05, 0.1) is 0 Å². The summed E-state index contributed by atoms with van der Waals surface area (Å²) in [6.45, 7) is -3.73. The zero-order chi connectivity index (χ0) is 11.2. The van der Waals surface area contributed by atoms with Crippen molar-refractivity contribution in [1.29, 1.82) is 0 Å². The van der Waals surface area contributed by atoms with Gasteiger partial charge in [-0.2, -0.15) is 0 Å². The highest BCUT2D eigenvalue weighted by molar-refractivity contribution is 6.47. The Hall–Kier alpha value is -1.78. The number of pyridine rings is 2. The van der Waals surface area contributed by atoms with E-state index < -0.39 is 6.97 Å². The van der Waals surface area contributed by atoms with E-state index in [0.717, 1.165) is 8.96 Å². The number of hydrogen-bond acceptors (Lipinski definition) is 0. The van der Waals surface area contributed by atoms with E-state index in [-0.39, 0.29) is 0 Å². The average molecular weight is 219 g/mol. The lowest BCUT2D eigenvalue weighted by Crippen LogP contribution is -2.81. The van der Waals surface area contributed by atoms with Crippen LogP contribution in [0.5, 0.6) is 0 Å². The van der Waals surface area contributed by atoms with Gasteiger partial charge >= 0.3 is 6.97 Å². The Kier molecular flexibility index (Phi) is 1.83. The molecule has 0 saturated heterocycles. The van der Waals surface area contributed by atoms with Crippen molar-refractivity contribution in [2.45, 2.75) is 6.42 Å². The lowest BCUT2D eigenvalue weighted by atomic mass is 9.89. The third-order valence-corrected chi connectivity index (χ3v) is 2.99. The topological polar surface area (TPSA) is 7.76 Å². The van der Waals surface area contributed by atoms with Crippen LogP contribution in [0.25, 0.3) is 0 Å². The van der Waals surface area contributed by atoms with E-state index in [1.54, 1.807) is 36.4 Å². The molecule has 0 atom stereocenters. The van der Waals surface area contributed by atoms with Crippen molar-refractivity contribution in [3.05, 3.63) is 60.2 Å². The summed E-state index contributed by atoms with van der Waals surface area (Å²) in [6.07, 6.45) is 3.43. The summed E-state index contributed by atoms with van der Waals surface area (Å²) in [5.74, 6) is 0. The second-order valence-corrected chi connectivity index (χ2v) is 3.96. The number of nitrogens with zero attached hydrogens (tertiary/aromatic N) is 2. The number of halogens is 2. The van der Waals surface area contributed by atoms with E-state index in [4.69, 9.17) is 0 Å². The molecule has 0 spiro atoms. The molecule has 1 aliphatic rings. The van der Waals surface area contributed by atoms with E-state index in [1.807, 2.05) is 0 Å².